The van der Waals surface area contributed by atoms with Crippen LogP contribution in [0.4, 0.5) is 5.69 Å². The van der Waals surface area contributed by atoms with Crippen LogP contribution in [0, 0.1) is 5.92 Å². The normalized spacial score (nSPS) is 17.5. The molecule has 23 heavy (non-hydrogen) atoms. The van der Waals surface area contributed by atoms with Gasteiger partial charge in [0.15, 0.2) is 5.92 Å². The fourth-order valence-electron chi connectivity index (χ4n) is 2.46. The average Bonchev–Trinajstić information content (AvgIpc) is 2.60. The number of carbonyl (C=O) groups excluding carboxylic acids is 2. The predicted octanol–water partition coefficient (Wildman–Crippen LogP) is 3.03. The zero-order valence-electron chi connectivity index (χ0n) is 14.3. The minimum atomic E-state index is -0.937. The molecule has 5 nitrogen and oxygen atoms in total. The summed E-state index contributed by atoms with van der Waals surface area (Å²) in [5.74, 6) is -1.09. The van der Waals surface area contributed by atoms with E-state index >= 15 is 0 Å². The molecule has 1 aromatic carbocycles. The number of hydrogen-bond acceptors (Lipinski definition) is 4. The molecular formula is C18H23NO4. The van der Waals surface area contributed by atoms with Crippen LogP contribution in [0.1, 0.15) is 33.3 Å². The van der Waals surface area contributed by atoms with E-state index in [9.17, 15) is 9.59 Å². The Kier molecular flexibility index (Phi) is 4.78. The number of carbonyl (C=O) groups is 2. The van der Waals surface area contributed by atoms with Gasteiger partial charge in [-0.2, -0.15) is 0 Å². The molecule has 0 fully saturated rings. The van der Waals surface area contributed by atoms with Crippen LogP contribution in [-0.2, 0) is 14.3 Å². The highest BCUT2D eigenvalue weighted by Crippen LogP contribution is 2.32. The van der Waals surface area contributed by atoms with Crippen LogP contribution >= 0.6 is 0 Å². The van der Waals surface area contributed by atoms with Gasteiger partial charge in [-0.1, -0.05) is 12.2 Å². The van der Waals surface area contributed by atoms with Crippen molar-refractivity contribution in [1.29, 1.82) is 0 Å². The van der Waals surface area contributed by atoms with Crippen molar-refractivity contribution in [3.63, 3.8) is 0 Å². The first-order chi connectivity index (χ1) is 10.8. The second-order valence-corrected chi connectivity index (χ2v) is 6.38. The number of fused-ring (bicyclic) bond motifs is 1. The molecule has 0 saturated carbocycles. The van der Waals surface area contributed by atoms with E-state index in [1.165, 1.54) is 0 Å². The molecule has 0 aliphatic carbocycles. The van der Waals surface area contributed by atoms with E-state index in [0.717, 1.165) is 11.3 Å². The summed E-state index contributed by atoms with van der Waals surface area (Å²) in [5.41, 5.74) is 0.969. The zero-order valence-corrected chi connectivity index (χ0v) is 14.3. The zero-order chi connectivity index (χ0) is 17.2. The van der Waals surface area contributed by atoms with Crippen molar-refractivity contribution in [2.24, 2.45) is 5.92 Å². The Morgan fingerprint density at radius 3 is 2.57 bits per heavy atom. The number of amides is 1. The number of hydrogen-bond donors (Lipinski definition) is 0. The van der Waals surface area contributed by atoms with Gasteiger partial charge in [-0.3, -0.25) is 9.59 Å². The minimum absolute atomic E-state index is 0.287. The molecule has 5 heteroatoms. The Morgan fingerprint density at radius 2 is 2.00 bits per heavy atom. The highest BCUT2D eigenvalue weighted by atomic mass is 16.6. The summed E-state index contributed by atoms with van der Waals surface area (Å²) in [6.07, 6.45) is 3.40. The first-order valence-electron chi connectivity index (χ1n) is 7.67. The maximum Gasteiger partial charge on any atom is 0.322 e. The van der Waals surface area contributed by atoms with E-state index < -0.39 is 17.5 Å². The van der Waals surface area contributed by atoms with Crippen LogP contribution in [0.3, 0.4) is 0 Å². The van der Waals surface area contributed by atoms with Crippen LogP contribution < -0.4 is 9.64 Å². The number of esters is 1. The van der Waals surface area contributed by atoms with Gasteiger partial charge in [0.1, 0.15) is 11.4 Å². The summed E-state index contributed by atoms with van der Waals surface area (Å²) < 4.78 is 10.6. The van der Waals surface area contributed by atoms with Gasteiger partial charge in [0, 0.05) is 12.6 Å². The monoisotopic (exact) mass is 317 g/mol. The highest BCUT2D eigenvalue weighted by molar-refractivity contribution is 6.10. The lowest BCUT2D eigenvalue weighted by molar-refractivity contribution is -0.159. The van der Waals surface area contributed by atoms with Gasteiger partial charge in [-0.15, -0.1) is 0 Å². The molecule has 1 aliphatic rings. The lowest BCUT2D eigenvalue weighted by Crippen LogP contribution is -2.40. The molecule has 1 atom stereocenters. The molecule has 2 rings (SSSR count). The molecule has 0 spiro atoms. The average molecular weight is 317 g/mol. The smallest absolute Gasteiger partial charge is 0.322 e. The van der Waals surface area contributed by atoms with E-state index in [1.807, 2.05) is 19.1 Å². The van der Waals surface area contributed by atoms with Crippen molar-refractivity contribution in [3.05, 3.63) is 29.8 Å². The Labute approximate surface area is 136 Å². The SMILES string of the molecule is CCN1C(=O)[C@H](C(=O)OC(C)(C)C)C=Cc2ccc(OC)cc21. The number of methoxy groups -OCH3 is 1. The third-order valence-corrected chi connectivity index (χ3v) is 3.51. The molecule has 0 radical (unpaired) electrons. The van der Waals surface area contributed by atoms with E-state index in [1.54, 1.807) is 51.0 Å². The van der Waals surface area contributed by atoms with Gasteiger partial charge in [-0.25, -0.2) is 0 Å². The lowest BCUT2D eigenvalue weighted by Gasteiger charge is -2.26. The summed E-state index contributed by atoms with van der Waals surface area (Å²) in [6, 6.07) is 5.51. The Hall–Kier alpha value is -2.30. The fourth-order valence-corrected chi connectivity index (χ4v) is 2.46. The van der Waals surface area contributed by atoms with E-state index in [-0.39, 0.29) is 5.91 Å². The van der Waals surface area contributed by atoms with Gasteiger partial charge in [-0.05, 0) is 45.4 Å². The topological polar surface area (TPSA) is 55.8 Å². The minimum Gasteiger partial charge on any atom is -0.497 e. The highest BCUT2D eigenvalue weighted by Gasteiger charge is 2.34. The van der Waals surface area contributed by atoms with Gasteiger partial charge < -0.3 is 14.4 Å². The first kappa shape index (κ1) is 17.1. The van der Waals surface area contributed by atoms with E-state index in [2.05, 4.69) is 0 Å². The van der Waals surface area contributed by atoms with Gasteiger partial charge in [0.2, 0.25) is 5.91 Å². The largest absolute Gasteiger partial charge is 0.497 e. The van der Waals surface area contributed by atoms with Gasteiger partial charge in [0.05, 0.1) is 12.8 Å². The second kappa shape index (κ2) is 6.44. The second-order valence-electron chi connectivity index (χ2n) is 6.38. The van der Waals surface area contributed by atoms with Crippen molar-refractivity contribution in [1.82, 2.24) is 0 Å². The molecule has 0 saturated heterocycles. The van der Waals surface area contributed by atoms with Crippen LogP contribution in [0.2, 0.25) is 0 Å². The molecule has 1 heterocycles. The van der Waals surface area contributed by atoms with Crippen molar-refractivity contribution in [3.8, 4) is 5.75 Å². The summed E-state index contributed by atoms with van der Waals surface area (Å²) in [7, 11) is 1.58. The molecule has 0 N–H and O–H groups in total. The number of benzene rings is 1. The molecule has 1 aromatic rings. The third-order valence-electron chi connectivity index (χ3n) is 3.51. The van der Waals surface area contributed by atoms with Gasteiger partial charge in [0.25, 0.3) is 0 Å². The molecule has 1 amide bonds. The van der Waals surface area contributed by atoms with Crippen molar-refractivity contribution < 1.29 is 19.1 Å². The number of nitrogens with zero attached hydrogens (tertiary/aromatic N) is 1. The summed E-state index contributed by atoms with van der Waals surface area (Å²) in [5, 5.41) is 0. The standard InChI is InChI=1S/C18H23NO4/c1-6-19-15-11-13(22-5)9-7-12(15)8-10-14(16(19)20)17(21)23-18(2,3)4/h7-11,14H,6H2,1-5H3/t14-/m1/s1. The number of rotatable bonds is 3. The Bertz CT molecular complexity index is 643. The molecule has 0 aromatic heterocycles. The molecule has 1 aliphatic heterocycles. The van der Waals surface area contributed by atoms with Crippen molar-refractivity contribution in [2.45, 2.75) is 33.3 Å². The maximum atomic E-state index is 12.8. The van der Waals surface area contributed by atoms with Crippen molar-refractivity contribution >= 4 is 23.6 Å². The van der Waals surface area contributed by atoms with E-state index in [0.29, 0.717) is 12.3 Å². The Morgan fingerprint density at radius 1 is 1.30 bits per heavy atom. The fraction of sp³-hybridized carbons (Fsp3) is 0.444. The maximum absolute atomic E-state index is 12.8. The molecule has 0 bridgehead atoms. The summed E-state index contributed by atoms with van der Waals surface area (Å²) >= 11 is 0. The summed E-state index contributed by atoms with van der Waals surface area (Å²) in [4.78, 5) is 26.8. The number of anilines is 1. The van der Waals surface area contributed by atoms with Crippen LogP contribution in [0.25, 0.3) is 6.08 Å². The molecular weight excluding hydrogens is 294 g/mol. The molecule has 0 unspecified atom stereocenters. The summed E-state index contributed by atoms with van der Waals surface area (Å²) in [6.45, 7) is 7.69. The van der Waals surface area contributed by atoms with Crippen LogP contribution in [0.15, 0.2) is 24.3 Å². The number of ether oxygens (including phenoxy) is 2. The Balaban J connectivity index is 2.40. The third kappa shape index (κ3) is 3.73. The first-order valence-corrected chi connectivity index (χ1v) is 7.67. The van der Waals surface area contributed by atoms with Gasteiger partial charge >= 0.3 is 5.97 Å². The quantitative estimate of drug-likeness (QED) is 0.635. The predicted molar refractivity (Wildman–Crippen MR) is 89.4 cm³/mol. The lowest BCUT2D eigenvalue weighted by atomic mass is 10.1. The van der Waals surface area contributed by atoms with Crippen LogP contribution in [0.5, 0.6) is 5.75 Å². The van der Waals surface area contributed by atoms with E-state index in [4.69, 9.17) is 9.47 Å². The van der Waals surface area contributed by atoms with Crippen molar-refractivity contribution in [2.75, 3.05) is 18.6 Å². The molecule has 124 valence electrons. The van der Waals surface area contributed by atoms with Crippen LogP contribution in [-0.4, -0.2) is 31.1 Å².